The van der Waals surface area contributed by atoms with Gasteiger partial charge >= 0.3 is 0 Å². The summed E-state index contributed by atoms with van der Waals surface area (Å²) in [6.45, 7) is 5.63. The number of hydrogen-bond acceptors (Lipinski definition) is 5. The van der Waals surface area contributed by atoms with Crippen LogP contribution in [-0.4, -0.2) is 63.3 Å². The van der Waals surface area contributed by atoms with E-state index in [0.717, 1.165) is 45.7 Å². The maximum atomic E-state index is 12.7. The zero-order valence-electron chi connectivity index (χ0n) is 13.6. The molecule has 0 aliphatic carbocycles. The lowest BCUT2D eigenvalue weighted by atomic mass is 10.2. The number of aromatic nitrogens is 3. The molecule has 1 amide bonds. The van der Waals surface area contributed by atoms with Crippen LogP contribution in [0, 0.1) is 0 Å². The first kappa shape index (κ1) is 15.1. The van der Waals surface area contributed by atoms with Gasteiger partial charge in [-0.05, 0) is 17.7 Å². The van der Waals surface area contributed by atoms with Gasteiger partial charge in [-0.3, -0.25) is 14.7 Å². The summed E-state index contributed by atoms with van der Waals surface area (Å²) >= 11 is 0. The predicted molar refractivity (Wildman–Crippen MR) is 87.8 cm³/mol. The average Bonchev–Trinajstić information content (AvgIpc) is 3.07. The molecule has 2 aromatic heterocycles. The van der Waals surface area contributed by atoms with Crippen LogP contribution in [0.1, 0.15) is 22.5 Å². The normalized spacial score (nSPS) is 18.1. The Morgan fingerprint density at radius 1 is 1.12 bits per heavy atom. The molecular weight excluding hydrogens is 306 g/mol. The molecule has 0 atom stereocenters. The number of aryl methyl sites for hydroxylation is 1. The Morgan fingerprint density at radius 2 is 1.92 bits per heavy atom. The van der Waals surface area contributed by atoms with Crippen molar-refractivity contribution < 1.29 is 9.53 Å². The van der Waals surface area contributed by atoms with Crippen LogP contribution in [0.5, 0.6) is 5.88 Å². The minimum atomic E-state index is 0.00376. The molecule has 2 aromatic rings. The first-order valence-electron chi connectivity index (χ1n) is 8.41. The number of carbonyl (C=O) groups excluding carboxylic acids is 1. The van der Waals surface area contributed by atoms with Crippen molar-refractivity contribution in [3.63, 3.8) is 0 Å². The molecular formula is C17H21N5O2. The highest BCUT2D eigenvalue weighted by atomic mass is 16.5. The van der Waals surface area contributed by atoms with Gasteiger partial charge in [-0.15, -0.1) is 0 Å². The zero-order chi connectivity index (χ0) is 16.4. The third-order valence-corrected chi connectivity index (χ3v) is 4.54. The summed E-state index contributed by atoms with van der Waals surface area (Å²) in [4.78, 5) is 20.9. The Hall–Kier alpha value is -2.41. The molecule has 1 saturated heterocycles. The van der Waals surface area contributed by atoms with Gasteiger partial charge in [0, 0.05) is 64.1 Å². The molecule has 0 spiro atoms. The Balaban J connectivity index is 1.35. The lowest BCUT2D eigenvalue weighted by Gasteiger charge is -2.34. The van der Waals surface area contributed by atoms with Crippen LogP contribution in [0.25, 0.3) is 0 Å². The molecule has 7 nitrogen and oxygen atoms in total. The van der Waals surface area contributed by atoms with Crippen molar-refractivity contribution in [2.45, 2.75) is 19.5 Å². The van der Waals surface area contributed by atoms with Crippen molar-refractivity contribution in [1.29, 1.82) is 0 Å². The topological polar surface area (TPSA) is 63.5 Å². The highest BCUT2D eigenvalue weighted by Gasteiger charge is 2.25. The highest BCUT2D eigenvalue weighted by Crippen LogP contribution is 2.20. The summed E-state index contributed by atoms with van der Waals surface area (Å²) in [6.07, 6.45) is 4.57. The number of nitrogens with zero attached hydrogens (tertiary/aromatic N) is 5. The van der Waals surface area contributed by atoms with E-state index in [4.69, 9.17) is 4.74 Å². The number of hydrogen-bond donors (Lipinski definition) is 0. The fourth-order valence-electron chi connectivity index (χ4n) is 3.19. The quantitative estimate of drug-likeness (QED) is 0.842. The monoisotopic (exact) mass is 327 g/mol. The van der Waals surface area contributed by atoms with Gasteiger partial charge in [-0.25, -0.2) is 4.68 Å². The van der Waals surface area contributed by atoms with Gasteiger partial charge in [0.1, 0.15) is 0 Å². The number of amides is 1. The maximum Gasteiger partial charge on any atom is 0.274 e. The number of pyridine rings is 1. The molecule has 4 heterocycles. The van der Waals surface area contributed by atoms with Gasteiger partial charge in [0.15, 0.2) is 5.69 Å². The molecule has 0 N–H and O–H groups in total. The highest BCUT2D eigenvalue weighted by molar-refractivity contribution is 5.92. The van der Waals surface area contributed by atoms with Gasteiger partial charge < -0.3 is 9.64 Å². The molecule has 1 fully saturated rings. The number of fused-ring (bicyclic) bond motifs is 1. The van der Waals surface area contributed by atoms with Crippen molar-refractivity contribution in [3.05, 3.63) is 41.9 Å². The third-order valence-electron chi connectivity index (χ3n) is 4.54. The van der Waals surface area contributed by atoms with E-state index in [1.165, 1.54) is 5.56 Å². The van der Waals surface area contributed by atoms with E-state index in [1.807, 2.05) is 29.4 Å². The van der Waals surface area contributed by atoms with E-state index in [9.17, 15) is 4.79 Å². The molecule has 126 valence electrons. The second kappa shape index (κ2) is 6.60. The molecule has 0 aromatic carbocycles. The van der Waals surface area contributed by atoms with Gasteiger partial charge in [-0.1, -0.05) is 0 Å². The van der Waals surface area contributed by atoms with Gasteiger partial charge in [0.25, 0.3) is 5.91 Å². The number of piperazine rings is 1. The predicted octanol–water partition coefficient (Wildman–Crippen LogP) is 1.02. The summed E-state index contributed by atoms with van der Waals surface area (Å²) in [7, 11) is 0. The fourth-order valence-corrected chi connectivity index (χ4v) is 3.19. The van der Waals surface area contributed by atoms with Crippen LogP contribution in [0.4, 0.5) is 0 Å². The largest absolute Gasteiger partial charge is 0.478 e. The van der Waals surface area contributed by atoms with Gasteiger partial charge in [0.2, 0.25) is 5.88 Å². The molecule has 0 unspecified atom stereocenters. The van der Waals surface area contributed by atoms with Crippen molar-refractivity contribution in [2.24, 2.45) is 0 Å². The van der Waals surface area contributed by atoms with Crippen LogP contribution in [0.2, 0.25) is 0 Å². The first-order valence-corrected chi connectivity index (χ1v) is 8.41. The Kier molecular flexibility index (Phi) is 4.17. The molecule has 2 aliphatic heterocycles. The van der Waals surface area contributed by atoms with E-state index >= 15 is 0 Å². The zero-order valence-corrected chi connectivity index (χ0v) is 13.6. The SMILES string of the molecule is O=C(c1cc2n(n1)CCCO2)N1CCN(Cc2ccncc2)CC1. The second-order valence-corrected chi connectivity index (χ2v) is 6.22. The van der Waals surface area contributed by atoms with E-state index in [2.05, 4.69) is 15.0 Å². The van der Waals surface area contributed by atoms with Crippen LogP contribution < -0.4 is 4.74 Å². The van der Waals surface area contributed by atoms with Crippen LogP contribution in [-0.2, 0) is 13.1 Å². The van der Waals surface area contributed by atoms with Crippen LogP contribution in [0.3, 0.4) is 0 Å². The number of ether oxygens (including phenoxy) is 1. The van der Waals surface area contributed by atoms with Crippen molar-refractivity contribution in [2.75, 3.05) is 32.8 Å². The minimum Gasteiger partial charge on any atom is -0.478 e. The lowest BCUT2D eigenvalue weighted by molar-refractivity contribution is 0.0621. The van der Waals surface area contributed by atoms with Crippen molar-refractivity contribution in [3.8, 4) is 5.88 Å². The number of carbonyl (C=O) groups is 1. The molecule has 0 bridgehead atoms. The molecule has 24 heavy (non-hydrogen) atoms. The summed E-state index contributed by atoms with van der Waals surface area (Å²) in [5.74, 6) is 0.713. The fraction of sp³-hybridized carbons (Fsp3) is 0.471. The van der Waals surface area contributed by atoms with Gasteiger partial charge in [-0.2, -0.15) is 5.10 Å². The smallest absolute Gasteiger partial charge is 0.274 e. The third kappa shape index (κ3) is 3.12. The van der Waals surface area contributed by atoms with E-state index in [0.29, 0.717) is 18.2 Å². The Bertz CT molecular complexity index is 684. The standard InChI is InChI=1S/C17H21N5O2/c23-17(15-12-16-22(19-15)6-1-11-24-16)21-9-7-20(8-10-21)13-14-2-4-18-5-3-14/h2-5,12H,1,6-11,13H2. The molecule has 7 heteroatoms. The summed E-state index contributed by atoms with van der Waals surface area (Å²) < 4.78 is 7.33. The molecule has 4 rings (SSSR count). The Labute approximate surface area is 140 Å². The maximum absolute atomic E-state index is 12.7. The summed E-state index contributed by atoms with van der Waals surface area (Å²) in [5.41, 5.74) is 1.75. The number of rotatable bonds is 3. The van der Waals surface area contributed by atoms with Crippen LogP contribution >= 0.6 is 0 Å². The average molecular weight is 327 g/mol. The first-order chi connectivity index (χ1) is 11.8. The van der Waals surface area contributed by atoms with E-state index < -0.39 is 0 Å². The minimum absolute atomic E-state index is 0.00376. The van der Waals surface area contributed by atoms with E-state index in [1.54, 1.807) is 10.7 Å². The van der Waals surface area contributed by atoms with Crippen molar-refractivity contribution >= 4 is 5.91 Å². The second-order valence-electron chi connectivity index (χ2n) is 6.22. The lowest BCUT2D eigenvalue weighted by Crippen LogP contribution is -2.48. The molecule has 0 radical (unpaired) electrons. The van der Waals surface area contributed by atoms with Crippen molar-refractivity contribution in [1.82, 2.24) is 24.6 Å². The Morgan fingerprint density at radius 3 is 2.67 bits per heavy atom. The summed E-state index contributed by atoms with van der Waals surface area (Å²) in [6, 6.07) is 5.84. The summed E-state index contributed by atoms with van der Waals surface area (Å²) in [5, 5.41) is 4.39. The van der Waals surface area contributed by atoms with Gasteiger partial charge in [0.05, 0.1) is 6.61 Å². The van der Waals surface area contributed by atoms with Crippen LogP contribution in [0.15, 0.2) is 30.6 Å². The van der Waals surface area contributed by atoms with E-state index in [-0.39, 0.29) is 5.91 Å². The molecule has 2 aliphatic rings. The molecule has 0 saturated carbocycles.